The molecule has 0 aromatic heterocycles. The quantitative estimate of drug-likeness (QED) is 0.641. The Balaban J connectivity index is 3.22. The molecule has 4 nitrogen and oxygen atoms in total. The summed E-state index contributed by atoms with van der Waals surface area (Å²) < 4.78 is 48.7. The van der Waals surface area contributed by atoms with Crippen LogP contribution >= 0.6 is 0 Å². The van der Waals surface area contributed by atoms with Gasteiger partial charge < -0.3 is 4.84 Å². The number of rotatable bonds is 4. The van der Waals surface area contributed by atoms with Gasteiger partial charge in [0.05, 0.1) is 12.0 Å². The molecule has 0 saturated carbocycles. The number of halogens is 2. The predicted molar refractivity (Wildman–Crippen MR) is 53.3 cm³/mol. The average Bonchev–Trinajstić information content (AvgIpc) is 2.18. The Hall–Kier alpha value is -1.05. The van der Waals surface area contributed by atoms with E-state index in [0.29, 0.717) is 6.07 Å². The second-order valence-corrected chi connectivity index (χ2v) is 5.19. The topological polar surface area (TPSA) is 55.4 Å². The Bertz CT molecular complexity index is 488. The highest BCUT2D eigenvalue weighted by Crippen LogP contribution is 2.18. The van der Waals surface area contributed by atoms with E-state index in [0.717, 1.165) is 12.3 Å². The number of hydrogen-bond acceptors (Lipinski definition) is 4. The molecular formula is C9H11F2NO3S. The van der Waals surface area contributed by atoms with Gasteiger partial charge in [-0.15, -0.1) is 0 Å². The van der Waals surface area contributed by atoms with Crippen molar-refractivity contribution in [2.24, 2.45) is 0 Å². The number of nitrogens with one attached hydrogen (secondary N) is 1. The van der Waals surface area contributed by atoms with Gasteiger partial charge in [-0.2, -0.15) is 5.48 Å². The molecule has 0 amide bonds. The van der Waals surface area contributed by atoms with E-state index in [1.807, 2.05) is 0 Å². The Kier molecular flexibility index (Phi) is 3.95. The van der Waals surface area contributed by atoms with Gasteiger partial charge in [-0.1, -0.05) is 0 Å². The number of benzene rings is 1. The minimum Gasteiger partial charge on any atom is -0.305 e. The van der Waals surface area contributed by atoms with Gasteiger partial charge in [-0.3, -0.25) is 0 Å². The molecule has 0 unspecified atom stereocenters. The smallest absolute Gasteiger partial charge is 0.175 e. The van der Waals surface area contributed by atoms with E-state index in [2.05, 4.69) is 10.3 Å². The second-order valence-electron chi connectivity index (χ2n) is 3.18. The average molecular weight is 251 g/mol. The van der Waals surface area contributed by atoms with Crippen molar-refractivity contribution in [2.45, 2.75) is 11.4 Å². The molecule has 0 atom stereocenters. The van der Waals surface area contributed by atoms with E-state index in [4.69, 9.17) is 0 Å². The van der Waals surface area contributed by atoms with Crippen LogP contribution in [0.2, 0.25) is 0 Å². The Labute approximate surface area is 92.1 Å². The van der Waals surface area contributed by atoms with E-state index in [1.54, 1.807) is 0 Å². The van der Waals surface area contributed by atoms with Crippen molar-refractivity contribution in [2.75, 3.05) is 13.4 Å². The van der Waals surface area contributed by atoms with Crippen molar-refractivity contribution in [1.82, 2.24) is 5.48 Å². The van der Waals surface area contributed by atoms with Crippen LogP contribution in [0.4, 0.5) is 8.78 Å². The van der Waals surface area contributed by atoms with Crippen molar-refractivity contribution in [1.29, 1.82) is 0 Å². The maximum absolute atomic E-state index is 13.2. The molecule has 0 heterocycles. The van der Waals surface area contributed by atoms with Crippen molar-refractivity contribution < 1.29 is 22.0 Å². The van der Waals surface area contributed by atoms with E-state index >= 15 is 0 Å². The van der Waals surface area contributed by atoms with Crippen LogP contribution in [0.15, 0.2) is 17.0 Å². The molecule has 16 heavy (non-hydrogen) atoms. The van der Waals surface area contributed by atoms with Crippen LogP contribution in [0.25, 0.3) is 0 Å². The SMILES string of the molecule is CONCc1cc(S(C)(=O)=O)cc(F)c1F. The van der Waals surface area contributed by atoms with Crippen LogP contribution < -0.4 is 5.48 Å². The summed E-state index contributed by atoms with van der Waals surface area (Å²) in [5, 5.41) is 0. The molecule has 0 aliphatic rings. The zero-order chi connectivity index (χ0) is 12.3. The minimum absolute atomic E-state index is 0.109. The zero-order valence-electron chi connectivity index (χ0n) is 8.75. The highest BCUT2D eigenvalue weighted by molar-refractivity contribution is 7.90. The molecule has 0 fully saturated rings. The minimum atomic E-state index is -3.56. The van der Waals surface area contributed by atoms with E-state index in [1.165, 1.54) is 7.11 Å². The summed E-state index contributed by atoms with van der Waals surface area (Å²) in [6, 6.07) is 1.72. The van der Waals surface area contributed by atoms with Crippen LogP contribution in [0, 0.1) is 11.6 Å². The first-order chi connectivity index (χ1) is 7.36. The lowest BCUT2D eigenvalue weighted by Gasteiger charge is -2.07. The molecule has 0 aliphatic heterocycles. The van der Waals surface area contributed by atoms with Gasteiger partial charge in [-0.25, -0.2) is 17.2 Å². The number of hydrogen-bond donors (Lipinski definition) is 1. The molecule has 1 aromatic rings. The highest BCUT2D eigenvalue weighted by atomic mass is 32.2. The van der Waals surface area contributed by atoms with Crippen LogP contribution in [0.1, 0.15) is 5.56 Å². The first-order valence-corrected chi connectivity index (χ1v) is 6.19. The molecule has 90 valence electrons. The predicted octanol–water partition coefficient (Wildman–Crippen LogP) is 1.02. The summed E-state index contributed by atoms with van der Waals surface area (Å²) in [5.74, 6) is -2.28. The van der Waals surface area contributed by atoms with Crippen LogP contribution in [-0.2, 0) is 21.2 Å². The molecule has 0 bridgehead atoms. The molecule has 0 spiro atoms. The summed E-state index contributed by atoms with van der Waals surface area (Å²) in [6.07, 6.45) is 0.924. The highest BCUT2D eigenvalue weighted by Gasteiger charge is 2.15. The van der Waals surface area contributed by atoms with Crippen molar-refractivity contribution >= 4 is 9.84 Å². The maximum atomic E-state index is 13.2. The van der Waals surface area contributed by atoms with Crippen LogP contribution in [0.3, 0.4) is 0 Å². The largest absolute Gasteiger partial charge is 0.305 e. The van der Waals surface area contributed by atoms with Gasteiger partial charge in [0.1, 0.15) is 0 Å². The standard InChI is InChI=1S/C9H11F2NO3S/c1-15-12-5-6-3-7(16(2,13)14)4-8(10)9(6)11/h3-4,12H,5H2,1-2H3. The molecule has 1 aromatic carbocycles. The van der Waals surface area contributed by atoms with Crippen molar-refractivity contribution in [3.8, 4) is 0 Å². The monoisotopic (exact) mass is 251 g/mol. The van der Waals surface area contributed by atoms with E-state index in [9.17, 15) is 17.2 Å². The van der Waals surface area contributed by atoms with Gasteiger partial charge >= 0.3 is 0 Å². The summed E-state index contributed by atoms with van der Waals surface area (Å²) in [7, 11) is -2.25. The van der Waals surface area contributed by atoms with Gasteiger partial charge in [0.2, 0.25) is 0 Å². The van der Waals surface area contributed by atoms with E-state index < -0.39 is 21.5 Å². The lowest BCUT2D eigenvalue weighted by Crippen LogP contribution is -2.13. The van der Waals surface area contributed by atoms with Gasteiger partial charge in [0.15, 0.2) is 21.5 Å². The number of sulfone groups is 1. The van der Waals surface area contributed by atoms with Gasteiger partial charge in [0, 0.05) is 18.4 Å². The van der Waals surface area contributed by atoms with Gasteiger partial charge in [0.25, 0.3) is 0 Å². The van der Waals surface area contributed by atoms with Crippen LogP contribution in [0.5, 0.6) is 0 Å². The Morgan fingerprint density at radius 2 is 2.00 bits per heavy atom. The van der Waals surface area contributed by atoms with Gasteiger partial charge in [-0.05, 0) is 12.1 Å². The van der Waals surface area contributed by atoms with Crippen LogP contribution in [-0.4, -0.2) is 21.8 Å². The fourth-order valence-electron chi connectivity index (χ4n) is 1.11. The molecule has 0 saturated heterocycles. The number of hydroxylamine groups is 1. The molecule has 1 N–H and O–H groups in total. The lowest BCUT2D eigenvalue weighted by molar-refractivity contribution is 0.0857. The summed E-state index contributed by atoms with van der Waals surface area (Å²) >= 11 is 0. The third-order valence-corrected chi connectivity index (χ3v) is 3.00. The molecule has 0 aliphatic carbocycles. The molecular weight excluding hydrogens is 240 g/mol. The van der Waals surface area contributed by atoms with Crippen molar-refractivity contribution in [3.63, 3.8) is 0 Å². The second kappa shape index (κ2) is 4.86. The summed E-state index contributed by atoms with van der Waals surface area (Å²) in [6.45, 7) is -0.122. The molecule has 7 heteroatoms. The normalized spacial score (nSPS) is 11.8. The summed E-state index contributed by atoms with van der Waals surface area (Å²) in [4.78, 5) is 4.21. The van der Waals surface area contributed by atoms with E-state index in [-0.39, 0.29) is 17.0 Å². The fourth-order valence-corrected chi connectivity index (χ4v) is 1.78. The maximum Gasteiger partial charge on any atom is 0.175 e. The zero-order valence-corrected chi connectivity index (χ0v) is 9.57. The first kappa shape index (κ1) is 13.0. The molecule has 0 radical (unpaired) electrons. The van der Waals surface area contributed by atoms with Crippen molar-refractivity contribution in [3.05, 3.63) is 29.3 Å². The lowest BCUT2D eigenvalue weighted by atomic mass is 10.2. The Morgan fingerprint density at radius 3 is 2.50 bits per heavy atom. The fraction of sp³-hybridized carbons (Fsp3) is 0.333. The first-order valence-electron chi connectivity index (χ1n) is 4.30. The summed E-state index contributed by atoms with van der Waals surface area (Å²) in [5.41, 5.74) is 2.20. The third kappa shape index (κ3) is 2.97. The third-order valence-electron chi connectivity index (χ3n) is 1.91. The Morgan fingerprint density at radius 1 is 1.38 bits per heavy atom. The molecule has 1 rings (SSSR count).